The van der Waals surface area contributed by atoms with Crippen molar-refractivity contribution in [3.63, 3.8) is 0 Å². The molecule has 0 saturated heterocycles. The number of hydrogen-bond acceptors (Lipinski definition) is 4. The van der Waals surface area contributed by atoms with Crippen LogP contribution in [0.5, 0.6) is 0 Å². The second-order valence-corrected chi connectivity index (χ2v) is 4.51. The molecule has 0 aliphatic heterocycles. The summed E-state index contributed by atoms with van der Waals surface area (Å²) in [7, 11) is 0. The van der Waals surface area contributed by atoms with E-state index in [1.807, 2.05) is 13.8 Å². The largest absolute Gasteiger partial charge is 0.375 e. The van der Waals surface area contributed by atoms with E-state index >= 15 is 0 Å². The van der Waals surface area contributed by atoms with Crippen molar-refractivity contribution in [2.24, 2.45) is 5.73 Å². The van der Waals surface area contributed by atoms with E-state index in [1.54, 1.807) is 0 Å². The van der Waals surface area contributed by atoms with E-state index in [2.05, 4.69) is 0 Å². The summed E-state index contributed by atoms with van der Waals surface area (Å²) in [5, 5.41) is 10.6. The Hall–Kier alpha value is -1.53. The van der Waals surface area contributed by atoms with E-state index < -0.39 is 22.0 Å². The van der Waals surface area contributed by atoms with Gasteiger partial charge in [0.1, 0.15) is 0 Å². The van der Waals surface area contributed by atoms with Crippen molar-refractivity contribution in [1.29, 1.82) is 0 Å². The third-order valence-corrected chi connectivity index (χ3v) is 2.75. The molecule has 0 amide bonds. The molecule has 0 radical (unpaired) electrons. The molecule has 2 N–H and O–H groups in total. The van der Waals surface area contributed by atoms with Gasteiger partial charge >= 0.3 is 5.69 Å². The lowest BCUT2D eigenvalue weighted by Crippen LogP contribution is -2.40. The molecule has 1 aromatic carbocycles. The van der Waals surface area contributed by atoms with E-state index in [4.69, 9.17) is 10.5 Å². The molecule has 0 fully saturated rings. The topological polar surface area (TPSA) is 78.4 Å². The third-order valence-electron chi connectivity index (χ3n) is 2.75. The fraction of sp³-hybridized carbons (Fsp3) is 0.500. The highest BCUT2D eigenvalue weighted by Gasteiger charge is 2.19. The Morgan fingerprint density at radius 3 is 2.78 bits per heavy atom. The first-order valence-electron chi connectivity index (χ1n) is 5.66. The Kier molecular flexibility index (Phi) is 4.75. The van der Waals surface area contributed by atoms with Gasteiger partial charge in [0.2, 0.25) is 5.82 Å². The van der Waals surface area contributed by atoms with Gasteiger partial charge in [0.15, 0.2) is 0 Å². The molecule has 0 aromatic heterocycles. The highest BCUT2D eigenvalue weighted by atomic mass is 19.1. The van der Waals surface area contributed by atoms with Crippen LogP contribution in [0.3, 0.4) is 0 Å². The van der Waals surface area contributed by atoms with Crippen LogP contribution in [0.25, 0.3) is 0 Å². The van der Waals surface area contributed by atoms with Gasteiger partial charge in [-0.25, -0.2) is 0 Å². The Morgan fingerprint density at radius 2 is 2.22 bits per heavy atom. The molecular weight excluding hydrogens is 239 g/mol. The first kappa shape index (κ1) is 14.5. The third kappa shape index (κ3) is 3.75. The molecule has 0 aliphatic rings. The fourth-order valence-electron chi connectivity index (χ4n) is 1.31. The molecule has 1 atom stereocenters. The lowest BCUT2D eigenvalue weighted by molar-refractivity contribution is -0.387. The number of hydrogen-bond donors (Lipinski definition) is 1. The Morgan fingerprint density at radius 1 is 1.56 bits per heavy atom. The monoisotopic (exact) mass is 256 g/mol. The van der Waals surface area contributed by atoms with Crippen LogP contribution in [0.4, 0.5) is 10.1 Å². The second-order valence-electron chi connectivity index (χ2n) is 4.51. The van der Waals surface area contributed by atoms with Crippen molar-refractivity contribution in [2.75, 3.05) is 6.61 Å². The van der Waals surface area contributed by atoms with Gasteiger partial charge in [-0.05, 0) is 13.3 Å². The summed E-state index contributed by atoms with van der Waals surface area (Å²) in [5.41, 5.74) is 5.02. The Labute approximate surface area is 105 Å². The SMILES string of the molecule is CCC(C)(N)COCc1cccc([N+](=O)[O-])c1F. The number of benzene rings is 1. The van der Waals surface area contributed by atoms with Crippen LogP contribution >= 0.6 is 0 Å². The highest BCUT2D eigenvalue weighted by molar-refractivity contribution is 5.36. The number of nitrogens with zero attached hydrogens (tertiary/aromatic N) is 1. The quantitative estimate of drug-likeness (QED) is 0.626. The summed E-state index contributed by atoms with van der Waals surface area (Å²) in [5.74, 6) is -0.849. The molecule has 1 rings (SSSR count). The van der Waals surface area contributed by atoms with Gasteiger partial charge in [0, 0.05) is 17.2 Å². The normalized spacial score (nSPS) is 14.2. The first-order chi connectivity index (χ1) is 8.37. The van der Waals surface area contributed by atoms with Gasteiger partial charge in [-0.3, -0.25) is 10.1 Å². The maximum absolute atomic E-state index is 13.7. The first-order valence-corrected chi connectivity index (χ1v) is 5.66. The minimum absolute atomic E-state index is 0.0275. The maximum Gasteiger partial charge on any atom is 0.305 e. The maximum atomic E-state index is 13.7. The van der Waals surface area contributed by atoms with Crippen LogP contribution in [-0.2, 0) is 11.3 Å². The number of nitro benzene ring substituents is 1. The van der Waals surface area contributed by atoms with Crippen LogP contribution in [0.2, 0.25) is 0 Å². The minimum atomic E-state index is -0.849. The zero-order valence-corrected chi connectivity index (χ0v) is 10.5. The zero-order chi connectivity index (χ0) is 13.8. The summed E-state index contributed by atoms with van der Waals surface area (Å²) in [6.07, 6.45) is 0.727. The molecule has 1 aromatic rings. The molecule has 0 heterocycles. The van der Waals surface area contributed by atoms with Crippen LogP contribution in [0.1, 0.15) is 25.8 Å². The predicted octanol–water partition coefficient (Wildman–Crippen LogP) is 2.38. The zero-order valence-electron chi connectivity index (χ0n) is 10.5. The van der Waals surface area contributed by atoms with Gasteiger partial charge in [-0.1, -0.05) is 19.1 Å². The van der Waals surface area contributed by atoms with E-state index in [1.165, 1.54) is 12.1 Å². The van der Waals surface area contributed by atoms with Crippen LogP contribution in [0, 0.1) is 15.9 Å². The van der Waals surface area contributed by atoms with Gasteiger partial charge in [-0.2, -0.15) is 4.39 Å². The Bertz CT molecular complexity index is 435. The molecular formula is C12H17FN2O3. The van der Waals surface area contributed by atoms with Crippen molar-refractivity contribution < 1.29 is 14.1 Å². The summed E-state index contributed by atoms with van der Waals surface area (Å²) in [4.78, 5) is 9.81. The highest BCUT2D eigenvalue weighted by Crippen LogP contribution is 2.21. The lowest BCUT2D eigenvalue weighted by atomic mass is 10.0. The smallest absolute Gasteiger partial charge is 0.305 e. The number of halogens is 1. The molecule has 0 saturated carbocycles. The van der Waals surface area contributed by atoms with Gasteiger partial charge < -0.3 is 10.5 Å². The standard InChI is InChI=1S/C12H17FN2O3/c1-3-12(2,14)8-18-7-9-5-4-6-10(11(9)13)15(16)17/h4-6H,3,7-8,14H2,1-2H3. The number of ether oxygens (including phenoxy) is 1. The number of nitrogens with two attached hydrogens (primary N) is 1. The summed E-state index contributed by atoms with van der Waals surface area (Å²) < 4.78 is 19.0. The number of rotatable bonds is 6. The number of nitro groups is 1. The van der Waals surface area contributed by atoms with Crippen LogP contribution < -0.4 is 5.73 Å². The van der Waals surface area contributed by atoms with Crippen molar-refractivity contribution in [3.8, 4) is 0 Å². The average Bonchev–Trinajstić information content (AvgIpc) is 2.31. The molecule has 100 valence electrons. The van der Waals surface area contributed by atoms with Gasteiger partial charge in [-0.15, -0.1) is 0 Å². The Balaban J connectivity index is 2.69. The van der Waals surface area contributed by atoms with E-state index in [9.17, 15) is 14.5 Å². The van der Waals surface area contributed by atoms with Crippen molar-refractivity contribution in [1.82, 2.24) is 0 Å². The average molecular weight is 256 g/mol. The predicted molar refractivity (Wildman–Crippen MR) is 65.6 cm³/mol. The van der Waals surface area contributed by atoms with Crippen LogP contribution in [0.15, 0.2) is 18.2 Å². The van der Waals surface area contributed by atoms with Crippen molar-refractivity contribution >= 4 is 5.69 Å². The summed E-state index contributed by atoms with van der Waals surface area (Å²) in [6, 6.07) is 4.02. The van der Waals surface area contributed by atoms with Crippen LogP contribution in [-0.4, -0.2) is 17.1 Å². The van der Waals surface area contributed by atoms with Crippen molar-refractivity contribution in [3.05, 3.63) is 39.7 Å². The molecule has 6 heteroatoms. The summed E-state index contributed by atoms with van der Waals surface area (Å²) in [6.45, 7) is 4.00. The molecule has 1 unspecified atom stereocenters. The fourth-order valence-corrected chi connectivity index (χ4v) is 1.31. The molecule has 18 heavy (non-hydrogen) atoms. The second kappa shape index (κ2) is 5.88. The van der Waals surface area contributed by atoms with Gasteiger partial charge in [0.25, 0.3) is 0 Å². The van der Waals surface area contributed by atoms with Gasteiger partial charge in [0.05, 0.1) is 18.1 Å². The molecule has 0 spiro atoms. The minimum Gasteiger partial charge on any atom is -0.375 e. The van der Waals surface area contributed by atoms with E-state index in [0.29, 0.717) is 0 Å². The van der Waals surface area contributed by atoms with Crippen molar-refractivity contribution in [2.45, 2.75) is 32.4 Å². The van der Waals surface area contributed by atoms with E-state index in [0.717, 1.165) is 12.5 Å². The lowest BCUT2D eigenvalue weighted by Gasteiger charge is -2.22. The molecule has 5 nitrogen and oxygen atoms in total. The summed E-state index contributed by atoms with van der Waals surface area (Å²) >= 11 is 0. The molecule has 0 bridgehead atoms. The molecule has 0 aliphatic carbocycles. The van der Waals surface area contributed by atoms with E-state index in [-0.39, 0.29) is 18.8 Å².